The molecule has 0 aromatic carbocycles. The number of hydrogen-bond acceptors (Lipinski definition) is 1. The summed E-state index contributed by atoms with van der Waals surface area (Å²) in [6.07, 6.45) is 0.875. The summed E-state index contributed by atoms with van der Waals surface area (Å²) in [4.78, 5) is 0. The molecule has 0 rings (SSSR count). The predicted octanol–water partition coefficient (Wildman–Crippen LogP) is 1.97. The van der Waals surface area contributed by atoms with Crippen molar-refractivity contribution in [3.05, 3.63) is 0 Å². The third-order valence-corrected chi connectivity index (χ3v) is 1.45. The summed E-state index contributed by atoms with van der Waals surface area (Å²) in [6, 6.07) is 0. The monoisotopic (exact) mass is 147 g/mol. The van der Waals surface area contributed by atoms with Crippen molar-refractivity contribution in [2.24, 2.45) is 17.1 Å². The molecule has 0 radical (unpaired) electrons. The van der Waals surface area contributed by atoms with Gasteiger partial charge >= 0.3 is 0 Å². The Morgan fingerprint density at radius 2 is 1.90 bits per heavy atom. The highest BCUT2D eigenvalue weighted by atomic mass is 19.1. The van der Waals surface area contributed by atoms with Gasteiger partial charge in [-0.2, -0.15) is 0 Å². The second-order valence-electron chi connectivity index (χ2n) is 4.02. The average Bonchev–Trinajstić information content (AvgIpc) is 1.81. The maximum atomic E-state index is 12.1. The predicted molar refractivity (Wildman–Crippen MR) is 42.6 cm³/mol. The lowest BCUT2D eigenvalue weighted by Crippen LogP contribution is -2.22. The Labute approximate surface area is 62.8 Å². The van der Waals surface area contributed by atoms with E-state index in [1.54, 1.807) is 0 Å². The molecule has 0 fully saturated rings. The molecular weight excluding hydrogens is 129 g/mol. The maximum Gasteiger partial charge on any atom is 0.0934 e. The van der Waals surface area contributed by atoms with Crippen molar-refractivity contribution in [1.82, 2.24) is 0 Å². The SMILES string of the molecule is CC(C)(C)CC(CN)CF. The quantitative estimate of drug-likeness (QED) is 0.649. The van der Waals surface area contributed by atoms with Crippen LogP contribution in [0.2, 0.25) is 0 Å². The van der Waals surface area contributed by atoms with Crippen LogP contribution in [0.4, 0.5) is 4.39 Å². The molecular formula is C8H18FN. The zero-order valence-corrected chi connectivity index (χ0v) is 7.15. The van der Waals surface area contributed by atoms with Crippen LogP contribution in [0.5, 0.6) is 0 Å². The van der Waals surface area contributed by atoms with Gasteiger partial charge in [0.1, 0.15) is 0 Å². The summed E-state index contributed by atoms with van der Waals surface area (Å²) < 4.78 is 12.1. The molecule has 2 heteroatoms. The first-order chi connectivity index (χ1) is 4.49. The summed E-state index contributed by atoms with van der Waals surface area (Å²) >= 11 is 0. The second-order valence-corrected chi connectivity index (χ2v) is 4.02. The number of rotatable bonds is 3. The first kappa shape index (κ1) is 9.89. The highest BCUT2D eigenvalue weighted by Crippen LogP contribution is 2.23. The van der Waals surface area contributed by atoms with Crippen LogP contribution >= 0.6 is 0 Å². The number of nitrogens with two attached hydrogens (primary N) is 1. The molecule has 0 saturated carbocycles. The number of halogens is 1. The van der Waals surface area contributed by atoms with Crippen molar-refractivity contribution in [3.8, 4) is 0 Å². The van der Waals surface area contributed by atoms with E-state index in [1.165, 1.54) is 0 Å². The Balaban J connectivity index is 3.63. The normalized spacial score (nSPS) is 15.3. The van der Waals surface area contributed by atoms with Gasteiger partial charge in [-0.25, -0.2) is 0 Å². The van der Waals surface area contributed by atoms with Crippen molar-refractivity contribution < 1.29 is 4.39 Å². The van der Waals surface area contributed by atoms with Crippen LogP contribution < -0.4 is 5.73 Å². The molecule has 0 aliphatic carbocycles. The minimum Gasteiger partial charge on any atom is -0.330 e. The summed E-state index contributed by atoms with van der Waals surface area (Å²) in [6.45, 7) is 6.49. The molecule has 1 nitrogen and oxygen atoms in total. The fraction of sp³-hybridized carbons (Fsp3) is 1.00. The van der Waals surface area contributed by atoms with Crippen LogP contribution in [-0.4, -0.2) is 13.2 Å². The van der Waals surface area contributed by atoms with Crippen molar-refractivity contribution >= 4 is 0 Å². The average molecular weight is 147 g/mol. The molecule has 62 valence electrons. The molecule has 0 amide bonds. The Morgan fingerprint density at radius 3 is 2.00 bits per heavy atom. The van der Waals surface area contributed by atoms with Gasteiger partial charge in [0, 0.05) is 0 Å². The largest absolute Gasteiger partial charge is 0.330 e. The summed E-state index contributed by atoms with van der Waals surface area (Å²) in [5, 5.41) is 0. The molecule has 0 bridgehead atoms. The maximum absolute atomic E-state index is 12.1. The third-order valence-electron chi connectivity index (χ3n) is 1.45. The van der Waals surface area contributed by atoms with Crippen molar-refractivity contribution in [1.29, 1.82) is 0 Å². The minimum atomic E-state index is -0.284. The van der Waals surface area contributed by atoms with E-state index in [4.69, 9.17) is 5.73 Å². The van der Waals surface area contributed by atoms with Crippen LogP contribution in [0, 0.1) is 11.3 Å². The Bertz CT molecular complexity index is 81.7. The van der Waals surface area contributed by atoms with Gasteiger partial charge in [0.15, 0.2) is 0 Å². The zero-order chi connectivity index (χ0) is 8.20. The van der Waals surface area contributed by atoms with Gasteiger partial charge in [-0.05, 0) is 24.3 Å². The summed E-state index contributed by atoms with van der Waals surface area (Å²) in [5.74, 6) is 0.0556. The van der Waals surface area contributed by atoms with Crippen molar-refractivity contribution in [2.75, 3.05) is 13.2 Å². The molecule has 0 saturated heterocycles. The van der Waals surface area contributed by atoms with E-state index in [0.29, 0.717) is 6.54 Å². The van der Waals surface area contributed by atoms with Gasteiger partial charge in [0.2, 0.25) is 0 Å². The third kappa shape index (κ3) is 4.74. The van der Waals surface area contributed by atoms with E-state index >= 15 is 0 Å². The number of hydrogen-bond donors (Lipinski definition) is 1. The molecule has 1 atom stereocenters. The molecule has 0 aliphatic rings. The fourth-order valence-electron chi connectivity index (χ4n) is 1.07. The lowest BCUT2D eigenvalue weighted by atomic mass is 9.85. The zero-order valence-electron chi connectivity index (χ0n) is 7.15. The van der Waals surface area contributed by atoms with Gasteiger partial charge in [-0.15, -0.1) is 0 Å². The van der Waals surface area contributed by atoms with Crippen molar-refractivity contribution in [3.63, 3.8) is 0 Å². The van der Waals surface area contributed by atoms with Crippen LogP contribution in [0.15, 0.2) is 0 Å². The molecule has 1 unspecified atom stereocenters. The Hall–Kier alpha value is -0.110. The molecule has 0 spiro atoms. The van der Waals surface area contributed by atoms with Crippen molar-refractivity contribution in [2.45, 2.75) is 27.2 Å². The number of alkyl halides is 1. The smallest absolute Gasteiger partial charge is 0.0934 e. The molecule has 0 aromatic rings. The second kappa shape index (κ2) is 3.91. The van der Waals surface area contributed by atoms with Gasteiger partial charge in [0.25, 0.3) is 0 Å². The van der Waals surface area contributed by atoms with Crippen LogP contribution in [0.25, 0.3) is 0 Å². The molecule has 0 aliphatic heterocycles. The molecule has 10 heavy (non-hydrogen) atoms. The Kier molecular flexibility index (Phi) is 3.87. The molecule has 0 heterocycles. The van der Waals surface area contributed by atoms with Crippen LogP contribution in [0.1, 0.15) is 27.2 Å². The van der Waals surface area contributed by atoms with Gasteiger partial charge < -0.3 is 5.73 Å². The first-order valence-electron chi connectivity index (χ1n) is 3.75. The van der Waals surface area contributed by atoms with Crippen LogP contribution in [-0.2, 0) is 0 Å². The highest BCUT2D eigenvalue weighted by Gasteiger charge is 2.16. The van der Waals surface area contributed by atoms with Gasteiger partial charge in [0.05, 0.1) is 6.67 Å². The lowest BCUT2D eigenvalue weighted by molar-refractivity contribution is 0.253. The highest BCUT2D eigenvalue weighted by molar-refractivity contribution is 4.68. The summed E-state index contributed by atoms with van der Waals surface area (Å²) in [5.41, 5.74) is 5.55. The van der Waals surface area contributed by atoms with Gasteiger partial charge in [-0.3, -0.25) is 4.39 Å². The lowest BCUT2D eigenvalue weighted by Gasteiger charge is -2.22. The molecule has 2 N–H and O–H groups in total. The summed E-state index contributed by atoms with van der Waals surface area (Å²) in [7, 11) is 0. The Morgan fingerprint density at radius 1 is 1.40 bits per heavy atom. The van der Waals surface area contributed by atoms with E-state index in [9.17, 15) is 4.39 Å². The van der Waals surface area contributed by atoms with Crippen LogP contribution in [0.3, 0.4) is 0 Å². The topological polar surface area (TPSA) is 26.0 Å². The van der Waals surface area contributed by atoms with E-state index in [0.717, 1.165) is 6.42 Å². The van der Waals surface area contributed by atoms with E-state index in [1.807, 2.05) is 0 Å². The van der Waals surface area contributed by atoms with Gasteiger partial charge in [-0.1, -0.05) is 20.8 Å². The van der Waals surface area contributed by atoms with E-state index in [-0.39, 0.29) is 18.0 Å². The molecule has 0 aromatic heterocycles. The standard InChI is InChI=1S/C8H18FN/c1-8(2,3)4-7(5-9)6-10/h7H,4-6,10H2,1-3H3. The van der Waals surface area contributed by atoms with E-state index < -0.39 is 0 Å². The van der Waals surface area contributed by atoms with E-state index in [2.05, 4.69) is 20.8 Å². The first-order valence-corrected chi connectivity index (χ1v) is 3.75. The minimum absolute atomic E-state index is 0.0556. The fourth-order valence-corrected chi connectivity index (χ4v) is 1.07.